The molecule has 0 aromatic carbocycles. The number of fused-ring (bicyclic) bond motifs is 1. The largest absolute Gasteiger partial charge is 0.389 e. The van der Waals surface area contributed by atoms with Crippen LogP contribution in [0.15, 0.2) is 24.5 Å². The van der Waals surface area contributed by atoms with Gasteiger partial charge in [-0.2, -0.15) is 0 Å². The molecule has 0 fully saturated rings. The van der Waals surface area contributed by atoms with E-state index < -0.39 is 6.10 Å². The number of nitrogens with zero attached hydrogens (tertiary/aromatic N) is 2. The molecule has 5 heteroatoms. The molecule has 116 valence electrons. The third-order valence-corrected chi connectivity index (χ3v) is 3.19. The molecule has 0 spiro atoms. The van der Waals surface area contributed by atoms with E-state index >= 15 is 0 Å². The van der Waals surface area contributed by atoms with Crippen LogP contribution >= 0.6 is 0 Å². The van der Waals surface area contributed by atoms with Gasteiger partial charge in [0.05, 0.1) is 24.6 Å². The molecule has 2 rings (SSSR count). The fourth-order valence-corrected chi connectivity index (χ4v) is 2.13. The van der Waals surface area contributed by atoms with Crippen LogP contribution in [0.1, 0.15) is 25.1 Å². The molecule has 0 aliphatic rings. The molecule has 1 atom stereocenters. The van der Waals surface area contributed by atoms with Gasteiger partial charge in [0.25, 0.3) is 0 Å². The van der Waals surface area contributed by atoms with Crippen molar-refractivity contribution >= 4 is 5.65 Å². The first kappa shape index (κ1) is 15.9. The van der Waals surface area contributed by atoms with E-state index in [-0.39, 0.29) is 0 Å². The van der Waals surface area contributed by atoms with E-state index in [1.54, 1.807) is 0 Å². The zero-order chi connectivity index (χ0) is 15.2. The highest BCUT2D eigenvalue weighted by atomic mass is 16.5. The lowest BCUT2D eigenvalue weighted by molar-refractivity contribution is 0.0260. The Labute approximate surface area is 126 Å². The predicted octanol–water partition coefficient (Wildman–Crippen LogP) is 1.77. The number of aryl methyl sites for hydroxylation is 1. The van der Waals surface area contributed by atoms with Crippen LogP contribution < -0.4 is 5.32 Å². The second kappa shape index (κ2) is 7.54. The van der Waals surface area contributed by atoms with E-state index in [0.717, 1.165) is 11.3 Å². The van der Waals surface area contributed by atoms with Gasteiger partial charge in [0.15, 0.2) is 0 Å². The molecule has 0 bridgehead atoms. The lowest BCUT2D eigenvalue weighted by Gasteiger charge is -2.13. The molecule has 0 radical (unpaired) electrons. The number of hydrogen-bond acceptors (Lipinski definition) is 4. The van der Waals surface area contributed by atoms with Crippen molar-refractivity contribution < 1.29 is 9.84 Å². The Morgan fingerprint density at radius 1 is 1.38 bits per heavy atom. The molecule has 21 heavy (non-hydrogen) atoms. The predicted molar refractivity (Wildman–Crippen MR) is 83.3 cm³/mol. The smallest absolute Gasteiger partial charge is 0.137 e. The van der Waals surface area contributed by atoms with Crippen LogP contribution in [0.25, 0.3) is 5.65 Å². The van der Waals surface area contributed by atoms with Gasteiger partial charge in [-0.25, -0.2) is 4.98 Å². The average Bonchev–Trinajstić information content (AvgIpc) is 2.80. The first-order chi connectivity index (χ1) is 10.1. The van der Waals surface area contributed by atoms with Crippen LogP contribution in [0, 0.1) is 12.8 Å². The van der Waals surface area contributed by atoms with E-state index in [4.69, 9.17) is 4.74 Å². The van der Waals surface area contributed by atoms with E-state index in [1.165, 1.54) is 5.56 Å². The van der Waals surface area contributed by atoms with Gasteiger partial charge < -0.3 is 19.6 Å². The van der Waals surface area contributed by atoms with Crippen molar-refractivity contribution in [1.82, 2.24) is 14.7 Å². The molecule has 1 unspecified atom stereocenters. The maximum absolute atomic E-state index is 9.83. The number of rotatable bonds is 8. The summed E-state index contributed by atoms with van der Waals surface area (Å²) in [4.78, 5) is 4.38. The molecule has 2 heterocycles. The summed E-state index contributed by atoms with van der Waals surface area (Å²) in [7, 11) is 0. The number of ether oxygens (including phenoxy) is 1. The van der Waals surface area contributed by atoms with Gasteiger partial charge in [0, 0.05) is 25.9 Å². The van der Waals surface area contributed by atoms with Gasteiger partial charge in [-0.3, -0.25) is 0 Å². The Bertz CT molecular complexity index is 566. The van der Waals surface area contributed by atoms with Crippen LogP contribution in [0.5, 0.6) is 0 Å². The second-order valence-electron chi connectivity index (χ2n) is 5.90. The molecular weight excluding hydrogens is 266 g/mol. The monoisotopic (exact) mass is 291 g/mol. The molecule has 2 aromatic heterocycles. The van der Waals surface area contributed by atoms with E-state index in [0.29, 0.717) is 32.2 Å². The highest BCUT2D eigenvalue weighted by molar-refractivity contribution is 5.42. The van der Waals surface area contributed by atoms with Crippen molar-refractivity contribution in [3.8, 4) is 0 Å². The fourth-order valence-electron chi connectivity index (χ4n) is 2.13. The average molecular weight is 291 g/mol. The summed E-state index contributed by atoms with van der Waals surface area (Å²) in [6.45, 7) is 8.48. The Morgan fingerprint density at radius 3 is 2.95 bits per heavy atom. The summed E-state index contributed by atoms with van der Waals surface area (Å²) >= 11 is 0. The third kappa shape index (κ3) is 4.81. The minimum absolute atomic E-state index is 0.373. The molecule has 5 nitrogen and oxygen atoms in total. The van der Waals surface area contributed by atoms with Crippen LogP contribution in [-0.2, 0) is 11.3 Å². The maximum atomic E-state index is 9.83. The lowest BCUT2D eigenvalue weighted by atomic mass is 10.2. The maximum Gasteiger partial charge on any atom is 0.137 e. The lowest BCUT2D eigenvalue weighted by Crippen LogP contribution is -2.30. The molecule has 2 N–H and O–H groups in total. The Balaban J connectivity index is 1.77. The van der Waals surface area contributed by atoms with Crippen molar-refractivity contribution in [1.29, 1.82) is 0 Å². The fraction of sp³-hybridized carbons (Fsp3) is 0.562. The van der Waals surface area contributed by atoms with Crippen LogP contribution in [-0.4, -0.2) is 40.4 Å². The molecule has 0 aliphatic heterocycles. The number of aromatic nitrogens is 2. The number of aliphatic hydroxyl groups excluding tert-OH is 1. The molecule has 0 amide bonds. The van der Waals surface area contributed by atoms with Crippen molar-refractivity contribution in [2.24, 2.45) is 5.92 Å². The van der Waals surface area contributed by atoms with Crippen molar-refractivity contribution in [2.45, 2.75) is 33.4 Å². The minimum Gasteiger partial charge on any atom is -0.389 e. The number of hydrogen-bond donors (Lipinski definition) is 2. The number of aliphatic hydroxyl groups is 1. The zero-order valence-corrected chi connectivity index (χ0v) is 13.0. The Hall–Kier alpha value is -1.43. The molecule has 0 saturated heterocycles. The summed E-state index contributed by atoms with van der Waals surface area (Å²) in [6.07, 6.45) is 3.41. The zero-order valence-electron chi connectivity index (χ0n) is 13.0. The highest BCUT2D eigenvalue weighted by Crippen LogP contribution is 2.08. The van der Waals surface area contributed by atoms with Crippen molar-refractivity contribution in [3.05, 3.63) is 35.8 Å². The topological polar surface area (TPSA) is 58.8 Å². The molecular formula is C16H25N3O2. The Morgan fingerprint density at radius 2 is 2.19 bits per heavy atom. The van der Waals surface area contributed by atoms with Gasteiger partial charge in [-0.15, -0.1) is 0 Å². The Kier molecular flexibility index (Phi) is 5.73. The van der Waals surface area contributed by atoms with Crippen molar-refractivity contribution in [3.63, 3.8) is 0 Å². The summed E-state index contributed by atoms with van der Waals surface area (Å²) in [5, 5.41) is 13.1. The van der Waals surface area contributed by atoms with Gasteiger partial charge in [0.2, 0.25) is 0 Å². The summed E-state index contributed by atoms with van der Waals surface area (Å²) < 4.78 is 7.48. The second-order valence-corrected chi connectivity index (χ2v) is 5.90. The van der Waals surface area contributed by atoms with Crippen LogP contribution in [0.4, 0.5) is 0 Å². The van der Waals surface area contributed by atoms with Crippen molar-refractivity contribution in [2.75, 3.05) is 19.8 Å². The van der Waals surface area contributed by atoms with Gasteiger partial charge in [-0.05, 0) is 30.5 Å². The number of nitrogens with one attached hydrogen (secondary N) is 1. The quantitative estimate of drug-likeness (QED) is 0.778. The van der Waals surface area contributed by atoms with Gasteiger partial charge in [0.1, 0.15) is 5.65 Å². The van der Waals surface area contributed by atoms with E-state index in [9.17, 15) is 5.11 Å². The summed E-state index contributed by atoms with van der Waals surface area (Å²) in [5.41, 5.74) is 3.23. The third-order valence-electron chi connectivity index (χ3n) is 3.19. The SMILES string of the molecule is Cc1ccn2c(CNCC(O)COCC(C)C)cnc2c1. The summed E-state index contributed by atoms with van der Waals surface area (Å²) in [5.74, 6) is 0.492. The number of pyridine rings is 1. The molecule has 0 aliphatic carbocycles. The standard InChI is InChI=1S/C16H25N3O2/c1-12(2)10-21-11-15(20)9-17-7-14-8-18-16-6-13(3)4-5-19(14)16/h4-6,8,12,15,17,20H,7,9-11H2,1-3H3. The first-order valence-corrected chi connectivity index (χ1v) is 7.45. The normalized spacial score (nSPS) is 13.2. The molecule has 0 saturated carbocycles. The number of imidazole rings is 1. The first-order valence-electron chi connectivity index (χ1n) is 7.45. The van der Waals surface area contributed by atoms with Gasteiger partial charge in [-0.1, -0.05) is 13.8 Å². The van der Waals surface area contributed by atoms with Crippen LogP contribution in [0.3, 0.4) is 0 Å². The van der Waals surface area contributed by atoms with E-state index in [1.807, 2.05) is 12.4 Å². The van der Waals surface area contributed by atoms with E-state index in [2.05, 4.69) is 47.6 Å². The van der Waals surface area contributed by atoms with Crippen LogP contribution in [0.2, 0.25) is 0 Å². The molecule has 2 aromatic rings. The minimum atomic E-state index is -0.481. The van der Waals surface area contributed by atoms with Gasteiger partial charge >= 0.3 is 0 Å². The highest BCUT2D eigenvalue weighted by Gasteiger charge is 2.07. The summed E-state index contributed by atoms with van der Waals surface area (Å²) in [6, 6.07) is 4.12.